The van der Waals surface area contributed by atoms with Gasteiger partial charge in [-0.3, -0.25) is 0 Å². The highest BCUT2D eigenvalue weighted by molar-refractivity contribution is 6.18. The molecule has 1 aromatic rings. The molecule has 1 aromatic carbocycles. The van der Waals surface area contributed by atoms with E-state index in [1.165, 1.54) is 11.1 Å². The molecule has 0 amide bonds. The van der Waals surface area contributed by atoms with Crippen molar-refractivity contribution in [2.45, 2.75) is 26.7 Å². The Hall–Kier alpha value is -0.490. The summed E-state index contributed by atoms with van der Waals surface area (Å²) in [6.07, 6.45) is 2.15. The van der Waals surface area contributed by atoms with Gasteiger partial charge in [0.1, 0.15) is 0 Å². The highest BCUT2D eigenvalue weighted by atomic mass is 35.5. The van der Waals surface area contributed by atoms with Crippen LogP contribution in [0.1, 0.15) is 25.0 Å². The van der Waals surface area contributed by atoms with Crippen LogP contribution in [-0.2, 0) is 12.8 Å². The molecule has 0 fully saturated rings. The van der Waals surface area contributed by atoms with Crippen LogP contribution in [0.15, 0.2) is 24.3 Å². The summed E-state index contributed by atoms with van der Waals surface area (Å²) in [7, 11) is 0. The number of rotatable bonds is 4. The zero-order valence-corrected chi connectivity index (χ0v) is 9.14. The van der Waals surface area contributed by atoms with Gasteiger partial charge in [0.15, 0.2) is 0 Å². The van der Waals surface area contributed by atoms with Crippen molar-refractivity contribution in [2.24, 2.45) is 5.92 Å². The average molecular weight is 197 g/mol. The normalized spacial score (nSPS) is 10.8. The van der Waals surface area contributed by atoms with E-state index in [2.05, 4.69) is 38.1 Å². The Balaban J connectivity index is 2.78. The summed E-state index contributed by atoms with van der Waals surface area (Å²) < 4.78 is 0. The van der Waals surface area contributed by atoms with Crippen LogP contribution in [-0.4, -0.2) is 5.88 Å². The number of benzene rings is 1. The van der Waals surface area contributed by atoms with Crippen molar-refractivity contribution in [1.29, 1.82) is 0 Å². The van der Waals surface area contributed by atoms with Gasteiger partial charge >= 0.3 is 0 Å². The first kappa shape index (κ1) is 10.6. The van der Waals surface area contributed by atoms with E-state index in [4.69, 9.17) is 11.6 Å². The lowest BCUT2D eigenvalue weighted by molar-refractivity contribution is 0.643. The molecular formula is C12H17Cl. The summed E-state index contributed by atoms with van der Waals surface area (Å²) >= 11 is 5.74. The van der Waals surface area contributed by atoms with Crippen molar-refractivity contribution >= 4 is 11.6 Å². The second kappa shape index (κ2) is 5.29. The standard InChI is InChI=1S/C12H17Cl/c1-10(2)9-12-6-4-3-5-11(12)7-8-13/h3-6,10H,7-9H2,1-2H3. The van der Waals surface area contributed by atoms with Crippen LogP contribution in [0.4, 0.5) is 0 Å². The van der Waals surface area contributed by atoms with E-state index in [0.717, 1.165) is 24.6 Å². The molecule has 0 aliphatic heterocycles. The molecule has 0 radical (unpaired) electrons. The molecule has 1 rings (SSSR count). The van der Waals surface area contributed by atoms with Gasteiger partial charge in [0, 0.05) is 5.88 Å². The quantitative estimate of drug-likeness (QED) is 0.645. The molecule has 0 saturated heterocycles. The minimum absolute atomic E-state index is 0.717. The van der Waals surface area contributed by atoms with Crippen molar-refractivity contribution < 1.29 is 0 Å². The van der Waals surface area contributed by atoms with Crippen molar-refractivity contribution in [1.82, 2.24) is 0 Å². The lowest BCUT2D eigenvalue weighted by atomic mass is 9.97. The Bertz CT molecular complexity index is 253. The van der Waals surface area contributed by atoms with Crippen molar-refractivity contribution in [2.75, 3.05) is 5.88 Å². The predicted octanol–water partition coefficient (Wildman–Crippen LogP) is 3.67. The summed E-state index contributed by atoms with van der Waals surface area (Å²) in [5, 5.41) is 0. The Kier molecular flexibility index (Phi) is 4.31. The molecule has 0 N–H and O–H groups in total. The fourth-order valence-corrected chi connectivity index (χ4v) is 1.75. The van der Waals surface area contributed by atoms with E-state index in [9.17, 15) is 0 Å². The predicted molar refractivity (Wildman–Crippen MR) is 59.4 cm³/mol. The minimum atomic E-state index is 0.717. The first-order chi connectivity index (χ1) is 6.24. The molecule has 0 spiro atoms. The van der Waals surface area contributed by atoms with Crippen molar-refractivity contribution in [3.63, 3.8) is 0 Å². The van der Waals surface area contributed by atoms with Crippen LogP contribution in [0.25, 0.3) is 0 Å². The Morgan fingerprint density at radius 2 is 1.77 bits per heavy atom. The fraction of sp³-hybridized carbons (Fsp3) is 0.500. The third-order valence-corrected chi connectivity index (χ3v) is 2.30. The van der Waals surface area contributed by atoms with Crippen LogP contribution >= 0.6 is 11.6 Å². The van der Waals surface area contributed by atoms with Gasteiger partial charge in [0.2, 0.25) is 0 Å². The molecule has 13 heavy (non-hydrogen) atoms. The van der Waals surface area contributed by atoms with Gasteiger partial charge in [-0.25, -0.2) is 0 Å². The van der Waals surface area contributed by atoms with Crippen LogP contribution in [0.3, 0.4) is 0 Å². The Morgan fingerprint density at radius 1 is 1.15 bits per heavy atom. The largest absolute Gasteiger partial charge is 0.126 e. The molecule has 0 bridgehead atoms. The van der Waals surface area contributed by atoms with Gasteiger partial charge in [-0.1, -0.05) is 38.1 Å². The van der Waals surface area contributed by atoms with E-state index in [1.807, 2.05) is 0 Å². The molecule has 0 atom stereocenters. The minimum Gasteiger partial charge on any atom is -0.126 e. The van der Waals surface area contributed by atoms with E-state index < -0.39 is 0 Å². The third-order valence-electron chi connectivity index (χ3n) is 2.11. The van der Waals surface area contributed by atoms with Crippen LogP contribution in [0, 0.1) is 5.92 Å². The molecule has 0 saturated carbocycles. The summed E-state index contributed by atoms with van der Waals surface area (Å²) in [6.45, 7) is 4.49. The maximum Gasteiger partial charge on any atom is 0.0264 e. The molecule has 0 aliphatic carbocycles. The molecule has 72 valence electrons. The first-order valence-corrected chi connectivity index (χ1v) is 5.40. The number of halogens is 1. The van der Waals surface area contributed by atoms with Crippen LogP contribution in [0.5, 0.6) is 0 Å². The maximum absolute atomic E-state index is 5.74. The van der Waals surface area contributed by atoms with Crippen LogP contribution in [0.2, 0.25) is 0 Å². The highest BCUT2D eigenvalue weighted by Crippen LogP contribution is 2.14. The van der Waals surface area contributed by atoms with Gasteiger partial charge in [-0.15, -0.1) is 11.6 Å². The van der Waals surface area contributed by atoms with E-state index in [-0.39, 0.29) is 0 Å². The number of alkyl halides is 1. The summed E-state index contributed by atoms with van der Waals surface area (Å²) in [5.74, 6) is 1.44. The number of hydrogen-bond acceptors (Lipinski definition) is 0. The first-order valence-electron chi connectivity index (χ1n) is 4.86. The Morgan fingerprint density at radius 3 is 2.31 bits per heavy atom. The summed E-state index contributed by atoms with van der Waals surface area (Å²) in [5.41, 5.74) is 2.87. The van der Waals surface area contributed by atoms with Gasteiger partial charge in [0.05, 0.1) is 0 Å². The molecular weight excluding hydrogens is 180 g/mol. The zero-order chi connectivity index (χ0) is 9.68. The smallest absolute Gasteiger partial charge is 0.0264 e. The topological polar surface area (TPSA) is 0 Å². The molecule has 1 heteroatoms. The highest BCUT2D eigenvalue weighted by Gasteiger charge is 2.02. The zero-order valence-electron chi connectivity index (χ0n) is 8.39. The molecule has 0 nitrogen and oxygen atoms in total. The molecule has 0 aromatic heterocycles. The summed E-state index contributed by atoms with van der Waals surface area (Å²) in [6, 6.07) is 8.59. The van der Waals surface area contributed by atoms with E-state index in [1.54, 1.807) is 0 Å². The summed E-state index contributed by atoms with van der Waals surface area (Å²) in [4.78, 5) is 0. The monoisotopic (exact) mass is 196 g/mol. The lowest BCUT2D eigenvalue weighted by Crippen LogP contribution is -1.99. The molecule has 0 aliphatic rings. The van der Waals surface area contributed by atoms with E-state index >= 15 is 0 Å². The van der Waals surface area contributed by atoms with E-state index in [0.29, 0.717) is 0 Å². The van der Waals surface area contributed by atoms with Gasteiger partial charge in [0.25, 0.3) is 0 Å². The second-order valence-electron chi connectivity index (χ2n) is 3.81. The van der Waals surface area contributed by atoms with Crippen molar-refractivity contribution in [3.05, 3.63) is 35.4 Å². The number of aryl methyl sites for hydroxylation is 1. The SMILES string of the molecule is CC(C)Cc1ccccc1CCCl. The van der Waals surface area contributed by atoms with Crippen LogP contribution < -0.4 is 0 Å². The number of hydrogen-bond donors (Lipinski definition) is 0. The van der Waals surface area contributed by atoms with Gasteiger partial charge in [-0.2, -0.15) is 0 Å². The van der Waals surface area contributed by atoms with Gasteiger partial charge in [-0.05, 0) is 29.9 Å². The lowest BCUT2D eigenvalue weighted by Gasteiger charge is -2.09. The Labute approximate surface area is 85.9 Å². The maximum atomic E-state index is 5.74. The average Bonchev–Trinajstić information content (AvgIpc) is 2.08. The van der Waals surface area contributed by atoms with Gasteiger partial charge < -0.3 is 0 Å². The molecule has 0 unspecified atom stereocenters. The fourth-order valence-electron chi connectivity index (χ4n) is 1.54. The van der Waals surface area contributed by atoms with Crippen molar-refractivity contribution in [3.8, 4) is 0 Å². The molecule has 0 heterocycles. The second-order valence-corrected chi connectivity index (χ2v) is 4.18. The third kappa shape index (κ3) is 3.40.